The Labute approximate surface area is 125 Å². The number of aromatic nitrogens is 1. The highest BCUT2D eigenvalue weighted by Gasteiger charge is 2.22. The molecule has 0 radical (unpaired) electrons. The first kappa shape index (κ1) is 15.7. The molecule has 21 heavy (non-hydrogen) atoms. The largest absolute Gasteiger partial charge is 0.383 e. The van der Waals surface area contributed by atoms with Crippen molar-refractivity contribution >= 4 is 11.7 Å². The molecule has 1 aromatic heterocycles. The van der Waals surface area contributed by atoms with Gasteiger partial charge in [-0.15, -0.1) is 0 Å². The second kappa shape index (κ2) is 7.38. The van der Waals surface area contributed by atoms with Crippen molar-refractivity contribution in [3.8, 4) is 0 Å². The average molecular weight is 292 g/mol. The number of ether oxygens (including phenoxy) is 1. The molecule has 6 heteroatoms. The second-order valence-corrected chi connectivity index (χ2v) is 5.42. The fraction of sp³-hybridized carbons (Fsp3) is 0.600. The van der Waals surface area contributed by atoms with Crippen LogP contribution in [0.2, 0.25) is 0 Å². The zero-order valence-electron chi connectivity index (χ0n) is 12.8. The topological polar surface area (TPSA) is 80.5 Å². The van der Waals surface area contributed by atoms with E-state index in [2.05, 4.69) is 15.2 Å². The van der Waals surface area contributed by atoms with Crippen LogP contribution in [-0.4, -0.2) is 50.3 Å². The monoisotopic (exact) mass is 292 g/mol. The van der Waals surface area contributed by atoms with Crippen LogP contribution >= 0.6 is 0 Å². The van der Waals surface area contributed by atoms with E-state index >= 15 is 0 Å². The van der Waals surface area contributed by atoms with E-state index in [1.807, 2.05) is 13.0 Å². The number of nitrogens with one attached hydrogen (secondary N) is 1. The molecule has 6 nitrogen and oxygen atoms in total. The average Bonchev–Trinajstić information content (AvgIpc) is 2.96. The second-order valence-electron chi connectivity index (χ2n) is 5.42. The molecule has 0 aromatic carbocycles. The van der Waals surface area contributed by atoms with Gasteiger partial charge < -0.3 is 20.7 Å². The first-order chi connectivity index (χ1) is 10.1. The molecule has 1 atom stereocenters. The summed E-state index contributed by atoms with van der Waals surface area (Å²) in [6.45, 7) is 5.04. The summed E-state index contributed by atoms with van der Waals surface area (Å²) in [5.41, 5.74) is 6.83. The Morgan fingerprint density at radius 2 is 2.38 bits per heavy atom. The lowest BCUT2D eigenvalue weighted by Crippen LogP contribution is -2.40. The first-order valence-electron chi connectivity index (χ1n) is 7.36. The lowest BCUT2D eigenvalue weighted by Gasteiger charge is -2.28. The number of methoxy groups -OCH3 is 1. The number of amides is 1. The lowest BCUT2D eigenvalue weighted by atomic mass is 10.1. The van der Waals surface area contributed by atoms with Crippen molar-refractivity contribution in [1.82, 2.24) is 10.3 Å². The SMILES string of the molecule is COCCN(CC1CCCN1)c1nc(C)ccc1C(N)=O. The number of carbonyl (C=O) groups excluding carboxylic acids is 1. The Morgan fingerprint density at radius 3 is 3.00 bits per heavy atom. The van der Waals surface area contributed by atoms with Crippen LogP contribution in [0.1, 0.15) is 28.9 Å². The molecule has 3 N–H and O–H groups in total. The van der Waals surface area contributed by atoms with Gasteiger partial charge in [-0.05, 0) is 38.4 Å². The molecule has 1 amide bonds. The summed E-state index contributed by atoms with van der Waals surface area (Å²) in [4.78, 5) is 18.3. The zero-order valence-corrected chi connectivity index (χ0v) is 12.8. The third-order valence-corrected chi connectivity index (χ3v) is 3.75. The van der Waals surface area contributed by atoms with Gasteiger partial charge in [0.1, 0.15) is 5.82 Å². The van der Waals surface area contributed by atoms with Crippen molar-refractivity contribution in [1.29, 1.82) is 0 Å². The molecule has 2 heterocycles. The molecule has 1 unspecified atom stereocenters. The summed E-state index contributed by atoms with van der Waals surface area (Å²) in [6.07, 6.45) is 2.33. The van der Waals surface area contributed by atoms with Gasteiger partial charge in [-0.25, -0.2) is 4.98 Å². The molecule has 0 saturated carbocycles. The summed E-state index contributed by atoms with van der Waals surface area (Å²) in [5.74, 6) is 0.215. The lowest BCUT2D eigenvalue weighted by molar-refractivity contribution is 0.1000. The van der Waals surface area contributed by atoms with Crippen LogP contribution in [-0.2, 0) is 4.74 Å². The van der Waals surface area contributed by atoms with Gasteiger partial charge in [0.15, 0.2) is 0 Å². The Bertz CT molecular complexity index is 487. The fourth-order valence-electron chi connectivity index (χ4n) is 2.64. The molecule has 0 aliphatic carbocycles. The molecule has 0 bridgehead atoms. The van der Waals surface area contributed by atoms with E-state index in [1.54, 1.807) is 13.2 Å². The van der Waals surface area contributed by atoms with Crippen LogP contribution in [0.5, 0.6) is 0 Å². The van der Waals surface area contributed by atoms with Crippen molar-refractivity contribution in [3.63, 3.8) is 0 Å². The number of anilines is 1. The van der Waals surface area contributed by atoms with Crippen LogP contribution in [0.3, 0.4) is 0 Å². The van der Waals surface area contributed by atoms with Gasteiger partial charge in [0.25, 0.3) is 5.91 Å². The number of pyridine rings is 1. The van der Waals surface area contributed by atoms with Crippen LogP contribution in [0, 0.1) is 6.92 Å². The molecule has 116 valence electrons. The van der Waals surface area contributed by atoms with Crippen molar-refractivity contribution in [3.05, 3.63) is 23.4 Å². The maximum absolute atomic E-state index is 11.7. The van der Waals surface area contributed by atoms with Crippen LogP contribution in [0.25, 0.3) is 0 Å². The number of nitrogens with two attached hydrogens (primary N) is 1. The molecule has 0 spiro atoms. The predicted molar refractivity (Wildman–Crippen MR) is 82.6 cm³/mol. The van der Waals surface area contributed by atoms with E-state index in [1.165, 1.54) is 6.42 Å². The number of rotatable bonds is 7. The van der Waals surface area contributed by atoms with Crippen LogP contribution in [0.15, 0.2) is 12.1 Å². The van der Waals surface area contributed by atoms with Crippen molar-refractivity contribution in [2.45, 2.75) is 25.8 Å². The Hall–Kier alpha value is -1.66. The van der Waals surface area contributed by atoms with Gasteiger partial charge in [0.05, 0.1) is 12.2 Å². The van der Waals surface area contributed by atoms with Crippen LogP contribution in [0.4, 0.5) is 5.82 Å². The third-order valence-electron chi connectivity index (χ3n) is 3.75. The minimum absolute atomic E-state index is 0.421. The van der Waals surface area contributed by atoms with E-state index in [9.17, 15) is 4.79 Å². The smallest absolute Gasteiger partial charge is 0.252 e. The third kappa shape index (κ3) is 4.15. The highest BCUT2D eigenvalue weighted by Crippen LogP contribution is 2.20. The maximum atomic E-state index is 11.7. The molecule has 1 aliphatic rings. The molecule has 2 rings (SSSR count). The summed E-state index contributed by atoms with van der Waals surface area (Å²) in [6, 6.07) is 3.98. The summed E-state index contributed by atoms with van der Waals surface area (Å²) in [7, 11) is 1.67. The summed E-state index contributed by atoms with van der Waals surface area (Å²) < 4.78 is 5.18. The maximum Gasteiger partial charge on any atom is 0.252 e. The van der Waals surface area contributed by atoms with Crippen molar-refractivity contribution in [2.75, 3.05) is 38.3 Å². The molecule has 1 aromatic rings. The highest BCUT2D eigenvalue weighted by molar-refractivity contribution is 5.97. The molecule has 1 saturated heterocycles. The number of primary amides is 1. The van der Waals surface area contributed by atoms with Gasteiger partial charge in [0.2, 0.25) is 0 Å². The van der Waals surface area contributed by atoms with Gasteiger partial charge in [-0.1, -0.05) is 0 Å². The zero-order chi connectivity index (χ0) is 15.2. The Balaban J connectivity index is 2.25. The van der Waals surface area contributed by atoms with Crippen LogP contribution < -0.4 is 16.0 Å². The van der Waals surface area contributed by atoms with Crippen molar-refractivity contribution < 1.29 is 9.53 Å². The Kier molecular flexibility index (Phi) is 5.52. The number of hydrogen-bond donors (Lipinski definition) is 2. The van der Waals surface area contributed by atoms with Crippen molar-refractivity contribution in [2.24, 2.45) is 5.73 Å². The van der Waals surface area contributed by atoms with E-state index in [-0.39, 0.29) is 0 Å². The number of nitrogens with zero attached hydrogens (tertiary/aromatic N) is 2. The highest BCUT2D eigenvalue weighted by atomic mass is 16.5. The van der Waals surface area contributed by atoms with E-state index in [4.69, 9.17) is 10.5 Å². The fourth-order valence-corrected chi connectivity index (χ4v) is 2.64. The number of hydrogen-bond acceptors (Lipinski definition) is 5. The Morgan fingerprint density at radius 1 is 1.57 bits per heavy atom. The van der Waals surface area contributed by atoms with Gasteiger partial charge in [-0.3, -0.25) is 4.79 Å². The minimum Gasteiger partial charge on any atom is -0.383 e. The predicted octanol–water partition coefficient (Wildman–Crippen LogP) is 0.694. The van der Waals surface area contributed by atoms with E-state index in [0.717, 1.165) is 25.2 Å². The van der Waals surface area contributed by atoms with E-state index < -0.39 is 5.91 Å². The molecular weight excluding hydrogens is 268 g/mol. The quantitative estimate of drug-likeness (QED) is 0.773. The molecule has 1 fully saturated rings. The summed E-state index contributed by atoms with van der Waals surface area (Å²) >= 11 is 0. The normalized spacial score (nSPS) is 17.9. The summed E-state index contributed by atoms with van der Waals surface area (Å²) in [5, 5.41) is 3.47. The molecular formula is C15H24N4O2. The van der Waals surface area contributed by atoms with Gasteiger partial charge in [-0.2, -0.15) is 0 Å². The minimum atomic E-state index is -0.445. The van der Waals surface area contributed by atoms with Gasteiger partial charge >= 0.3 is 0 Å². The molecule has 1 aliphatic heterocycles. The first-order valence-corrected chi connectivity index (χ1v) is 7.36. The number of carbonyl (C=O) groups is 1. The van der Waals surface area contributed by atoms with Gasteiger partial charge in [0, 0.05) is 31.9 Å². The van der Waals surface area contributed by atoms with E-state index in [0.29, 0.717) is 30.6 Å². The standard InChI is InChI=1S/C15H24N4O2/c1-11-5-6-13(14(16)20)15(18-11)19(8-9-21-2)10-12-4-3-7-17-12/h5-6,12,17H,3-4,7-10H2,1-2H3,(H2,16,20). The number of aryl methyl sites for hydroxylation is 1.